The van der Waals surface area contributed by atoms with Gasteiger partial charge in [0, 0.05) is 30.1 Å². The number of benzene rings is 2. The van der Waals surface area contributed by atoms with Crippen LogP contribution in [0.4, 0.5) is 11.4 Å². The fourth-order valence-electron chi connectivity index (χ4n) is 5.02. The molecule has 10 heteroatoms. The fourth-order valence-corrected chi connectivity index (χ4v) is 8.99. The van der Waals surface area contributed by atoms with E-state index in [1.165, 1.54) is 20.8 Å². The van der Waals surface area contributed by atoms with Crippen LogP contribution in [0, 0.1) is 11.8 Å². The Balaban J connectivity index is 1.82. The minimum Gasteiger partial charge on any atom is -0.507 e. The van der Waals surface area contributed by atoms with E-state index in [0.717, 1.165) is 0 Å². The maximum absolute atomic E-state index is 13.8. The van der Waals surface area contributed by atoms with E-state index in [1.807, 2.05) is 0 Å². The van der Waals surface area contributed by atoms with Crippen LogP contribution in [0.3, 0.4) is 0 Å². The van der Waals surface area contributed by atoms with Crippen LogP contribution < -0.4 is 8.61 Å². The van der Waals surface area contributed by atoms with Crippen LogP contribution in [0.25, 0.3) is 11.8 Å². The summed E-state index contributed by atoms with van der Waals surface area (Å²) in [4.78, 5) is -0.410. The van der Waals surface area contributed by atoms with E-state index in [4.69, 9.17) is 0 Å². The number of hydrogen-bond acceptors (Lipinski definition) is 6. The van der Waals surface area contributed by atoms with Crippen molar-refractivity contribution in [2.45, 2.75) is 26.7 Å². The second kappa shape index (κ2) is 7.78. The molecule has 1 atom stereocenters. The molecule has 1 saturated carbocycles. The molecule has 1 aliphatic carbocycles. The Hall–Kier alpha value is -2.98. The van der Waals surface area contributed by atoms with Crippen molar-refractivity contribution in [2.75, 3.05) is 21.7 Å². The summed E-state index contributed by atoms with van der Waals surface area (Å²) in [6, 6.07) is 11.3. The second-order valence-electron chi connectivity index (χ2n) is 8.64. The summed E-state index contributed by atoms with van der Waals surface area (Å²) in [5.41, 5.74) is 1.37. The average molecular weight is 503 g/mol. The maximum atomic E-state index is 13.8. The van der Waals surface area contributed by atoms with Gasteiger partial charge in [0.1, 0.15) is 16.4 Å². The molecule has 34 heavy (non-hydrogen) atoms. The van der Waals surface area contributed by atoms with Gasteiger partial charge >= 0.3 is 0 Å². The SMILES string of the molecule is CCN1c2ccccc2C(O)=C(C(C2=Cc3c(O)cccc3N(CC)S2(=O)=O)C2CC2)S1(=O)=O. The summed E-state index contributed by atoms with van der Waals surface area (Å²) in [5, 5.41) is 21.8. The van der Waals surface area contributed by atoms with Crippen molar-refractivity contribution in [1.29, 1.82) is 0 Å². The summed E-state index contributed by atoms with van der Waals surface area (Å²) in [6.45, 7) is 3.62. The minimum atomic E-state index is -4.22. The van der Waals surface area contributed by atoms with E-state index in [1.54, 1.807) is 50.2 Å². The van der Waals surface area contributed by atoms with Gasteiger partial charge in [0.05, 0.1) is 16.3 Å². The molecule has 1 fully saturated rings. The van der Waals surface area contributed by atoms with Crippen LogP contribution >= 0.6 is 0 Å². The average Bonchev–Trinajstić information content (AvgIpc) is 3.62. The van der Waals surface area contributed by atoms with Gasteiger partial charge < -0.3 is 10.2 Å². The molecule has 5 rings (SSSR count). The Morgan fingerprint density at radius 3 is 2.15 bits per heavy atom. The van der Waals surface area contributed by atoms with Gasteiger partial charge in [0.15, 0.2) is 0 Å². The lowest BCUT2D eigenvalue weighted by Gasteiger charge is -2.37. The highest BCUT2D eigenvalue weighted by molar-refractivity contribution is 7.98. The fraction of sp³-hybridized carbons (Fsp3) is 0.333. The number of hydrogen-bond donors (Lipinski definition) is 2. The van der Waals surface area contributed by atoms with Gasteiger partial charge in [-0.05, 0) is 62.9 Å². The number of aliphatic hydroxyl groups is 1. The van der Waals surface area contributed by atoms with E-state index in [9.17, 15) is 27.0 Å². The zero-order chi connectivity index (χ0) is 24.4. The molecule has 0 bridgehead atoms. The Morgan fingerprint density at radius 2 is 1.50 bits per heavy atom. The summed E-state index contributed by atoms with van der Waals surface area (Å²) >= 11 is 0. The lowest BCUT2D eigenvalue weighted by molar-refractivity contribution is 0.474. The Labute approximate surface area is 199 Å². The number of phenolic OH excluding ortho intramolecular Hbond substituents is 1. The Morgan fingerprint density at radius 1 is 0.882 bits per heavy atom. The van der Waals surface area contributed by atoms with E-state index >= 15 is 0 Å². The molecule has 2 aromatic rings. The van der Waals surface area contributed by atoms with Crippen LogP contribution in [0.2, 0.25) is 0 Å². The molecular formula is C24H26N2O6S2. The molecule has 1 unspecified atom stereocenters. The minimum absolute atomic E-state index is 0.0943. The third-order valence-electron chi connectivity index (χ3n) is 6.69. The third-order valence-corrected chi connectivity index (χ3v) is 10.7. The molecule has 0 aromatic heterocycles. The predicted molar refractivity (Wildman–Crippen MR) is 132 cm³/mol. The number of anilines is 2. The van der Waals surface area contributed by atoms with Crippen molar-refractivity contribution in [2.24, 2.45) is 11.8 Å². The first-order valence-corrected chi connectivity index (χ1v) is 14.1. The first-order valence-electron chi connectivity index (χ1n) is 11.3. The molecule has 8 nitrogen and oxygen atoms in total. The number of nitrogens with zero attached hydrogens (tertiary/aromatic N) is 2. The maximum Gasteiger partial charge on any atom is 0.264 e. The Kier molecular flexibility index (Phi) is 5.21. The standard InChI is InChI=1S/C24H26N2O6S2/c1-3-25-19-10-7-11-20(27)17(19)14-21(33(25,29)30)22(15-12-13-15)24-23(28)16-8-5-6-9-18(16)26(4-2)34(24,31)32/h5-11,14-15,22,27-28H,3-4,12-13H2,1-2H3. The van der Waals surface area contributed by atoms with Gasteiger partial charge in [0.2, 0.25) is 0 Å². The van der Waals surface area contributed by atoms with Gasteiger partial charge in [-0.3, -0.25) is 8.61 Å². The van der Waals surface area contributed by atoms with E-state index < -0.39 is 31.7 Å². The first kappa shape index (κ1) is 22.8. The number of para-hydroxylation sites is 1. The summed E-state index contributed by atoms with van der Waals surface area (Å²) in [6.07, 6.45) is 2.65. The number of phenols is 1. The molecule has 2 N–H and O–H groups in total. The molecule has 0 saturated heterocycles. The summed E-state index contributed by atoms with van der Waals surface area (Å²) < 4.78 is 57.7. The molecule has 2 aromatic carbocycles. The van der Waals surface area contributed by atoms with Gasteiger partial charge in [-0.2, -0.15) is 0 Å². The van der Waals surface area contributed by atoms with Gasteiger partial charge in [-0.25, -0.2) is 16.8 Å². The molecule has 0 amide bonds. The third kappa shape index (κ3) is 3.15. The molecule has 3 aliphatic rings. The van der Waals surface area contributed by atoms with Crippen LogP contribution in [0.1, 0.15) is 37.8 Å². The molecule has 2 heterocycles. The number of sulfonamides is 2. The quantitative estimate of drug-likeness (QED) is 0.638. The lowest BCUT2D eigenvalue weighted by Crippen LogP contribution is -2.42. The predicted octanol–water partition coefficient (Wildman–Crippen LogP) is 4.03. The first-order chi connectivity index (χ1) is 16.1. The van der Waals surface area contributed by atoms with E-state index in [-0.39, 0.29) is 34.6 Å². The molecule has 0 radical (unpaired) electrons. The van der Waals surface area contributed by atoms with Crippen molar-refractivity contribution >= 4 is 43.3 Å². The zero-order valence-electron chi connectivity index (χ0n) is 18.8. The Bertz CT molecular complexity index is 1460. The number of rotatable bonds is 5. The lowest BCUT2D eigenvalue weighted by atomic mass is 9.96. The molecule has 0 spiro atoms. The van der Waals surface area contributed by atoms with E-state index in [2.05, 4.69) is 0 Å². The highest BCUT2D eigenvalue weighted by Gasteiger charge is 2.51. The molecule has 2 aliphatic heterocycles. The number of aromatic hydroxyl groups is 1. The number of allylic oxidation sites excluding steroid dienone is 2. The van der Waals surface area contributed by atoms with Crippen LogP contribution in [-0.2, 0) is 20.0 Å². The molecular weight excluding hydrogens is 476 g/mol. The van der Waals surface area contributed by atoms with Crippen molar-refractivity contribution in [3.8, 4) is 5.75 Å². The van der Waals surface area contributed by atoms with Crippen LogP contribution in [0.15, 0.2) is 52.3 Å². The van der Waals surface area contributed by atoms with Gasteiger partial charge in [-0.1, -0.05) is 18.2 Å². The topological polar surface area (TPSA) is 115 Å². The van der Waals surface area contributed by atoms with Crippen LogP contribution in [0.5, 0.6) is 5.75 Å². The van der Waals surface area contributed by atoms with E-state index in [0.29, 0.717) is 35.3 Å². The highest BCUT2D eigenvalue weighted by atomic mass is 32.2. The monoisotopic (exact) mass is 502 g/mol. The van der Waals surface area contributed by atoms with Crippen molar-refractivity contribution in [3.63, 3.8) is 0 Å². The normalized spacial score (nSPS) is 21.5. The summed E-state index contributed by atoms with van der Waals surface area (Å²) in [7, 11) is -8.33. The smallest absolute Gasteiger partial charge is 0.264 e. The second-order valence-corrected chi connectivity index (χ2v) is 12.3. The summed E-state index contributed by atoms with van der Waals surface area (Å²) in [5.74, 6) is -1.84. The van der Waals surface area contributed by atoms with Crippen molar-refractivity contribution in [1.82, 2.24) is 0 Å². The van der Waals surface area contributed by atoms with Crippen molar-refractivity contribution < 1.29 is 27.0 Å². The molecule has 180 valence electrons. The highest BCUT2D eigenvalue weighted by Crippen LogP contribution is 2.54. The van der Waals surface area contributed by atoms with Gasteiger partial charge in [0.25, 0.3) is 20.0 Å². The van der Waals surface area contributed by atoms with Crippen LogP contribution in [-0.4, -0.2) is 40.1 Å². The van der Waals surface area contributed by atoms with Crippen molar-refractivity contribution in [3.05, 3.63) is 63.4 Å². The number of aliphatic hydroxyl groups excluding tert-OH is 1. The largest absolute Gasteiger partial charge is 0.507 e. The van der Waals surface area contributed by atoms with Gasteiger partial charge in [-0.15, -0.1) is 0 Å². The number of fused-ring (bicyclic) bond motifs is 2. The zero-order valence-corrected chi connectivity index (χ0v) is 20.5.